The summed E-state index contributed by atoms with van der Waals surface area (Å²) in [6.07, 6.45) is 6.29. The molecule has 4 heteroatoms. The van der Waals surface area contributed by atoms with Crippen molar-refractivity contribution in [1.82, 2.24) is 0 Å². The Morgan fingerprint density at radius 2 is 1.43 bits per heavy atom. The van der Waals surface area contributed by atoms with Gasteiger partial charge in [-0.05, 0) is 74.8 Å². The van der Waals surface area contributed by atoms with Crippen molar-refractivity contribution in [3.8, 4) is 0 Å². The molecular formula is C19H23NO2S. The third-order valence-corrected chi connectivity index (χ3v) is 7.23. The van der Waals surface area contributed by atoms with Crippen LogP contribution in [-0.2, 0) is 9.84 Å². The maximum absolute atomic E-state index is 12.7. The van der Waals surface area contributed by atoms with Crippen LogP contribution in [0.1, 0.15) is 37.7 Å². The summed E-state index contributed by atoms with van der Waals surface area (Å²) in [7, 11) is -3.28. The quantitative estimate of drug-likeness (QED) is 0.847. The van der Waals surface area contributed by atoms with Crippen LogP contribution >= 0.6 is 0 Å². The second-order valence-electron chi connectivity index (χ2n) is 7.28. The van der Waals surface area contributed by atoms with Gasteiger partial charge in [0.25, 0.3) is 0 Å². The van der Waals surface area contributed by atoms with E-state index in [-0.39, 0.29) is 0 Å². The molecule has 4 aliphatic rings. The van der Waals surface area contributed by atoms with E-state index in [1.165, 1.54) is 37.7 Å². The molecule has 3 nitrogen and oxygen atoms in total. The van der Waals surface area contributed by atoms with Gasteiger partial charge in [0.2, 0.25) is 0 Å². The maximum atomic E-state index is 12.7. The zero-order chi connectivity index (χ0) is 16.6. The van der Waals surface area contributed by atoms with E-state index in [0.29, 0.717) is 16.7 Å². The van der Waals surface area contributed by atoms with E-state index < -0.39 is 9.84 Å². The van der Waals surface area contributed by atoms with Gasteiger partial charge in [-0.1, -0.05) is 23.3 Å². The number of benzene rings is 1. The van der Waals surface area contributed by atoms with Gasteiger partial charge in [-0.3, -0.25) is 0 Å². The minimum absolute atomic E-state index is 0.439. The number of nitrogens with one attached hydrogen (secondary N) is 1. The summed E-state index contributed by atoms with van der Waals surface area (Å²) in [5, 5.41) is 6.63. The monoisotopic (exact) mass is 329 g/mol. The van der Waals surface area contributed by atoms with Gasteiger partial charge in [0.15, 0.2) is 9.84 Å². The van der Waals surface area contributed by atoms with Crippen LogP contribution in [0.3, 0.4) is 0 Å². The van der Waals surface area contributed by atoms with E-state index in [0.717, 1.165) is 17.4 Å². The Bertz CT molecular complexity index is 698. The first-order valence-electron chi connectivity index (χ1n) is 8.29. The van der Waals surface area contributed by atoms with Crippen molar-refractivity contribution >= 4 is 9.84 Å². The second-order valence-corrected chi connectivity index (χ2v) is 9.08. The fourth-order valence-corrected chi connectivity index (χ4v) is 6.29. The summed E-state index contributed by atoms with van der Waals surface area (Å²) in [5.41, 5.74) is 2.33. The van der Waals surface area contributed by atoms with E-state index in [1.54, 1.807) is 17.5 Å². The Morgan fingerprint density at radius 1 is 0.957 bits per heavy atom. The molecule has 0 unspecified atom stereocenters. The predicted octanol–water partition coefficient (Wildman–Crippen LogP) is 2.45. The molecule has 1 aromatic carbocycles. The Balaban J connectivity index is 0.000000753. The normalized spacial score (nSPS) is 31.3. The average molecular weight is 329 g/mol. The summed E-state index contributed by atoms with van der Waals surface area (Å²) >= 11 is 0. The van der Waals surface area contributed by atoms with Crippen LogP contribution in [0.2, 0.25) is 0 Å². The molecule has 0 aromatic heterocycles. The molecule has 4 fully saturated rings. The van der Waals surface area contributed by atoms with Gasteiger partial charge in [-0.15, -0.1) is 0 Å². The van der Waals surface area contributed by atoms with Crippen molar-refractivity contribution in [3.63, 3.8) is 0 Å². The number of hydrogen-bond acceptors (Lipinski definition) is 2. The predicted molar refractivity (Wildman–Crippen MR) is 87.7 cm³/mol. The van der Waals surface area contributed by atoms with Crippen LogP contribution in [0.5, 0.6) is 0 Å². The highest BCUT2D eigenvalue weighted by molar-refractivity contribution is 7.94. The fraction of sp³-hybridized carbons (Fsp3) is 0.526. The summed E-state index contributed by atoms with van der Waals surface area (Å²) < 4.78 is 25.3. The number of rotatable bonds is 2. The molecule has 23 heavy (non-hydrogen) atoms. The first-order valence-corrected chi connectivity index (χ1v) is 9.84. The van der Waals surface area contributed by atoms with E-state index in [2.05, 4.69) is 0 Å². The third-order valence-electron chi connectivity index (χ3n) is 5.72. The average Bonchev–Trinajstić information content (AvgIpc) is 2.53. The third kappa shape index (κ3) is 3.07. The molecule has 4 bridgehead atoms. The highest BCUT2D eigenvalue weighted by Gasteiger charge is 2.45. The van der Waals surface area contributed by atoms with Crippen molar-refractivity contribution in [2.75, 3.05) is 0 Å². The number of allylic oxidation sites excluding steroid dienone is 1. The molecule has 122 valence electrons. The molecule has 4 aliphatic carbocycles. The molecular weight excluding hydrogens is 306 g/mol. The lowest BCUT2D eigenvalue weighted by Crippen LogP contribution is -2.40. The van der Waals surface area contributed by atoms with Gasteiger partial charge in [-0.2, -0.15) is 0 Å². The lowest BCUT2D eigenvalue weighted by molar-refractivity contribution is -0.0997. The summed E-state index contributed by atoms with van der Waals surface area (Å²) in [4.78, 5) is 0.439. The smallest absolute Gasteiger partial charge is 0.199 e. The molecule has 0 spiro atoms. The first kappa shape index (κ1) is 16.3. The molecule has 0 radical (unpaired) electrons. The minimum Gasteiger partial charge on any atom is -0.335 e. The topological polar surface area (TPSA) is 57.9 Å². The van der Waals surface area contributed by atoms with Gasteiger partial charge in [0, 0.05) is 5.41 Å². The van der Waals surface area contributed by atoms with E-state index in [9.17, 15) is 8.42 Å². The molecule has 1 aromatic rings. The zero-order valence-corrected chi connectivity index (χ0v) is 14.3. The second kappa shape index (κ2) is 6.13. The number of aryl methyl sites for hydroxylation is 1. The van der Waals surface area contributed by atoms with E-state index in [1.807, 2.05) is 19.1 Å². The molecule has 0 aliphatic heterocycles. The molecule has 0 saturated heterocycles. The maximum Gasteiger partial charge on any atom is 0.199 e. The van der Waals surface area contributed by atoms with Crippen molar-refractivity contribution in [3.05, 3.63) is 47.4 Å². The van der Waals surface area contributed by atoms with Gasteiger partial charge in [0.1, 0.15) is 0 Å². The summed E-state index contributed by atoms with van der Waals surface area (Å²) in [6.45, 7) is 6.98. The van der Waals surface area contributed by atoms with E-state index >= 15 is 0 Å². The van der Waals surface area contributed by atoms with Gasteiger partial charge < -0.3 is 5.26 Å². The van der Waals surface area contributed by atoms with Crippen LogP contribution in [-0.4, -0.2) is 8.42 Å². The van der Waals surface area contributed by atoms with Crippen LogP contribution in [0.25, 0.3) is 0 Å². The first-order chi connectivity index (χ1) is 11.0. The standard InChI is InChI=1S/C18H22O2S.CHN/c1-12-2-4-17(5-3-12)21(19,20)11-18-15-7-13-6-14(9-15)10-16(18)8-13;1-2/h2-5,11,13-16H,6-10H2,1H3;2H. The van der Waals surface area contributed by atoms with Crippen LogP contribution < -0.4 is 5.26 Å². The van der Waals surface area contributed by atoms with Crippen molar-refractivity contribution in [2.45, 2.75) is 43.9 Å². The Hall–Kier alpha value is -1.60. The lowest BCUT2D eigenvalue weighted by Gasteiger charge is -2.51. The molecule has 5 rings (SSSR count). The summed E-state index contributed by atoms with van der Waals surface area (Å²) in [6, 6.07) is 7.22. The van der Waals surface area contributed by atoms with Crippen molar-refractivity contribution in [2.24, 2.45) is 23.7 Å². The van der Waals surface area contributed by atoms with Crippen molar-refractivity contribution < 1.29 is 13.7 Å². The molecule has 0 atom stereocenters. The van der Waals surface area contributed by atoms with Crippen LogP contribution in [0, 0.1) is 37.2 Å². The zero-order valence-electron chi connectivity index (χ0n) is 13.5. The Labute approximate surface area is 138 Å². The Morgan fingerprint density at radius 3 is 1.91 bits per heavy atom. The lowest BCUT2D eigenvalue weighted by atomic mass is 9.54. The highest BCUT2D eigenvalue weighted by Crippen LogP contribution is 2.56. The van der Waals surface area contributed by atoms with Gasteiger partial charge >= 0.3 is 0 Å². The molecule has 4 saturated carbocycles. The molecule has 0 heterocycles. The Kier molecular flexibility index (Phi) is 4.33. The van der Waals surface area contributed by atoms with Gasteiger partial charge in [-0.25, -0.2) is 15.0 Å². The fourth-order valence-electron chi connectivity index (χ4n) is 4.90. The minimum atomic E-state index is -3.28. The highest BCUT2D eigenvalue weighted by atomic mass is 32.2. The largest absolute Gasteiger partial charge is 0.335 e. The van der Waals surface area contributed by atoms with Crippen LogP contribution in [0.15, 0.2) is 40.1 Å². The van der Waals surface area contributed by atoms with Gasteiger partial charge in [0.05, 0.1) is 4.90 Å². The van der Waals surface area contributed by atoms with Crippen LogP contribution in [0.4, 0.5) is 0 Å². The SMILES string of the molecule is Cc1ccc(S(=O)(=O)C=C2C3CC4CC(C3)CC2C4)cc1.[C-]#[NH+]. The van der Waals surface area contributed by atoms with E-state index in [4.69, 9.17) is 11.8 Å². The molecule has 1 N–H and O–H groups in total. The number of hydrogen-bond donors (Lipinski definition) is 1. The number of sulfone groups is 1. The van der Waals surface area contributed by atoms with Crippen molar-refractivity contribution in [1.29, 1.82) is 0 Å². The molecule has 0 amide bonds. The summed E-state index contributed by atoms with van der Waals surface area (Å²) in [5.74, 6) is 2.82.